The highest BCUT2D eigenvalue weighted by atomic mass is 32.1. The number of aromatic amines is 2. The van der Waals surface area contributed by atoms with E-state index in [4.69, 9.17) is 17.0 Å². The largest absolute Gasteiger partial charge is 0.493 e. The summed E-state index contributed by atoms with van der Waals surface area (Å²) in [7, 11) is 0. The number of aromatic nitrogens is 2. The fraction of sp³-hybridized carbons (Fsp3) is 0.250. The second-order valence-corrected chi connectivity index (χ2v) is 4.44. The van der Waals surface area contributed by atoms with Crippen molar-refractivity contribution in [2.75, 3.05) is 0 Å². The van der Waals surface area contributed by atoms with Crippen molar-refractivity contribution in [2.45, 2.75) is 12.5 Å². The van der Waals surface area contributed by atoms with Crippen molar-refractivity contribution >= 4 is 12.2 Å². The van der Waals surface area contributed by atoms with Gasteiger partial charge in [0.15, 0.2) is 4.77 Å². The third kappa shape index (κ3) is 1.65. The van der Waals surface area contributed by atoms with Crippen molar-refractivity contribution in [1.82, 2.24) is 9.97 Å². The summed E-state index contributed by atoms with van der Waals surface area (Å²) in [6.45, 7) is 0. The maximum atomic E-state index is 5.60. The summed E-state index contributed by atoms with van der Waals surface area (Å²) in [6, 6.07) is 0. The molecule has 0 aromatic carbocycles. The van der Waals surface area contributed by atoms with Gasteiger partial charge in [-0.05, 0) is 23.9 Å². The monoisotopic (exact) mass is 232 g/mol. The van der Waals surface area contributed by atoms with Crippen LogP contribution in [0.4, 0.5) is 0 Å². The van der Waals surface area contributed by atoms with Gasteiger partial charge in [-0.2, -0.15) is 0 Å². The molecule has 0 saturated carbocycles. The van der Waals surface area contributed by atoms with Crippen LogP contribution >= 0.6 is 12.2 Å². The summed E-state index contributed by atoms with van der Waals surface area (Å²) >= 11 is 5.00. The first kappa shape index (κ1) is 9.66. The molecule has 0 fully saturated rings. The number of hydrogen-bond acceptors (Lipinski definition) is 2. The zero-order valence-corrected chi connectivity index (χ0v) is 9.46. The molecule has 2 heterocycles. The van der Waals surface area contributed by atoms with Gasteiger partial charge < -0.3 is 14.7 Å². The van der Waals surface area contributed by atoms with Crippen LogP contribution in [0.1, 0.15) is 5.69 Å². The Labute approximate surface area is 98.5 Å². The van der Waals surface area contributed by atoms with E-state index in [1.54, 1.807) is 0 Å². The van der Waals surface area contributed by atoms with Crippen LogP contribution in [-0.4, -0.2) is 16.1 Å². The van der Waals surface area contributed by atoms with Gasteiger partial charge in [0, 0.05) is 24.2 Å². The molecule has 1 aromatic heterocycles. The highest BCUT2D eigenvalue weighted by Gasteiger charge is 2.28. The molecule has 16 heavy (non-hydrogen) atoms. The van der Waals surface area contributed by atoms with Gasteiger partial charge in [-0.25, -0.2) is 0 Å². The number of nitrogens with one attached hydrogen (secondary N) is 2. The molecular weight excluding hydrogens is 220 g/mol. The predicted octanol–water partition coefficient (Wildman–Crippen LogP) is 2.64. The van der Waals surface area contributed by atoms with Crippen LogP contribution in [0.25, 0.3) is 0 Å². The Balaban J connectivity index is 1.79. The summed E-state index contributed by atoms with van der Waals surface area (Å²) < 4.78 is 6.27. The van der Waals surface area contributed by atoms with Crippen molar-refractivity contribution in [3.8, 4) is 0 Å². The molecule has 2 N–H and O–H groups in total. The molecule has 1 aromatic rings. The van der Waals surface area contributed by atoms with Crippen LogP contribution in [0.2, 0.25) is 0 Å². The van der Waals surface area contributed by atoms with Crippen molar-refractivity contribution in [3.05, 3.63) is 52.8 Å². The molecule has 1 aliphatic heterocycles. The lowest BCUT2D eigenvalue weighted by molar-refractivity contribution is 0.192. The predicted molar refractivity (Wildman–Crippen MR) is 64.4 cm³/mol. The van der Waals surface area contributed by atoms with E-state index in [0.717, 1.165) is 12.1 Å². The van der Waals surface area contributed by atoms with Crippen LogP contribution in [0.15, 0.2) is 42.3 Å². The molecule has 2 aliphatic rings. The van der Waals surface area contributed by atoms with Gasteiger partial charge in [0.25, 0.3) is 0 Å². The van der Waals surface area contributed by atoms with Gasteiger partial charge in [-0.1, -0.05) is 18.2 Å². The van der Waals surface area contributed by atoms with Gasteiger partial charge in [0.05, 0.1) is 6.26 Å². The van der Waals surface area contributed by atoms with E-state index in [1.807, 2.05) is 18.5 Å². The quantitative estimate of drug-likeness (QED) is 0.770. The molecule has 0 radical (unpaired) electrons. The van der Waals surface area contributed by atoms with Gasteiger partial charge >= 0.3 is 0 Å². The van der Waals surface area contributed by atoms with Crippen molar-refractivity contribution < 1.29 is 4.74 Å². The number of hydrogen-bond donors (Lipinski definition) is 2. The number of imidazole rings is 1. The Morgan fingerprint density at radius 2 is 2.19 bits per heavy atom. The highest BCUT2D eigenvalue weighted by Crippen LogP contribution is 2.31. The molecule has 82 valence electrons. The first-order valence-corrected chi connectivity index (χ1v) is 5.70. The van der Waals surface area contributed by atoms with E-state index >= 15 is 0 Å². The first-order chi connectivity index (χ1) is 7.83. The molecule has 0 bridgehead atoms. The van der Waals surface area contributed by atoms with Gasteiger partial charge in [-0.15, -0.1) is 0 Å². The third-order valence-electron chi connectivity index (χ3n) is 2.94. The summed E-state index contributed by atoms with van der Waals surface area (Å²) in [5.41, 5.74) is 2.39. The van der Waals surface area contributed by atoms with E-state index in [0.29, 0.717) is 10.7 Å². The summed E-state index contributed by atoms with van der Waals surface area (Å²) in [6.07, 6.45) is 13.2. The molecule has 0 saturated heterocycles. The smallest absolute Gasteiger partial charge is 0.174 e. The van der Waals surface area contributed by atoms with E-state index in [9.17, 15) is 0 Å². The summed E-state index contributed by atoms with van der Waals surface area (Å²) in [5.74, 6) is 0.377. The van der Waals surface area contributed by atoms with Gasteiger partial charge in [0.2, 0.25) is 0 Å². The Morgan fingerprint density at radius 3 is 3.00 bits per heavy atom. The Morgan fingerprint density at radius 1 is 1.31 bits per heavy atom. The van der Waals surface area contributed by atoms with Crippen molar-refractivity contribution in [1.29, 1.82) is 0 Å². The minimum Gasteiger partial charge on any atom is -0.493 e. The molecule has 2 unspecified atom stereocenters. The molecule has 4 heteroatoms. The Hall–Kier alpha value is -1.55. The number of allylic oxidation sites excluding steroid dienone is 2. The minimum atomic E-state index is 0.182. The summed E-state index contributed by atoms with van der Waals surface area (Å²) in [4.78, 5) is 6.09. The average molecular weight is 232 g/mol. The number of fused-ring (bicyclic) bond motifs is 1. The lowest BCUT2D eigenvalue weighted by Crippen LogP contribution is -2.16. The molecule has 3 rings (SSSR count). The standard InChI is InChI=1S/C12H12N2OS/c16-12-13-6-9(14-12)5-8-7-15-11-4-2-1-3-10(8)11/h1-4,6-7,10-11H,5H2,(H2,13,14,16). The minimum absolute atomic E-state index is 0.182. The first-order valence-electron chi connectivity index (χ1n) is 5.29. The maximum Gasteiger partial charge on any atom is 0.174 e. The van der Waals surface area contributed by atoms with Crippen LogP contribution < -0.4 is 0 Å². The Bertz CT molecular complexity index is 535. The maximum absolute atomic E-state index is 5.60. The zero-order valence-electron chi connectivity index (χ0n) is 8.64. The van der Waals surface area contributed by atoms with E-state index in [1.165, 1.54) is 5.57 Å². The highest BCUT2D eigenvalue weighted by molar-refractivity contribution is 7.71. The fourth-order valence-corrected chi connectivity index (χ4v) is 2.33. The average Bonchev–Trinajstić information content (AvgIpc) is 2.87. The normalized spacial score (nSPS) is 26.4. The lowest BCUT2D eigenvalue weighted by atomic mass is 9.90. The van der Waals surface area contributed by atoms with E-state index < -0.39 is 0 Å². The van der Waals surface area contributed by atoms with Gasteiger partial charge in [-0.3, -0.25) is 0 Å². The van der Waals surface area contributed by atoms with E-state index in [2.05, 4.69) is 28.2 Å². The molecule has 1 aliphatic carbocycles. The second kappa shape index (κ2) is 3.79. The SMILES string of the molecule is S=c1[nH]cc(CC2=COC3C=CC=CC23)[nH]1. The van der Waals surface area contributed by atoms with Crippen molar-refractivity contribution in [3.63, 3.8) is 0 Å². The van der Waals surface area contributed by atoms with Crippen LogP contribution in [0, 0.1) is 10.7 Å². The fourth-order valence-electron chi connectivity index (χ4n) is 2.14. The van der Waals surface area contributed by atoms with Crippen molar-refractivity contribution in [2.24, 2.45) is 5.92 Å². The van der Waals surface area contributed by atoms with Crippen LogP contribution in [0.3, 0.4) is 0 Å². The zero-order chi connectivity index (χ0) is 11.0. The number of H-pyrrole nitrogens is 2. The summed E-state index contributed by atoms with van der Waals surface area (Å²) in [5, 5.41) is 0. The molecule has 0 spiro atoms. The molecule has 0 amide bonds. The second-order valence-electron chi connectivity index (χ2n) is 4.03. The van der Waals surface area contributed by atoms with Gasteiger partial charge in [0.1, 0.15) is 6.10 Å². The number of rotatable bonds is 2. The Kier molecular flexibility index (Phi) is 2.29. The van der Waals surface area contributed by atoms with E-state index in [-0.39, 0.29) is 6.10 Å². The van der Waals surface area contributed by atoms with Crippen LogP contribution in [0.5, 0.6) is 0 Å². The molecule has 2 atom stereocenters. The number of ether oxygens (including phenoxy) is 1. The lowest BCUT2D eigenvalue weighted by Gasteiger charge is -2.16. The van der Waals surface area contributed by atoms with Crippen LogP contribution in [-0.2, 0) is 11.2 Å². The molecular formula is C12H12N2OS. The molecule has 3 nitrogen and oxygen atoms in total. The topological polar surface area (TPSA) is 40.8 Å². The third-order valence-corrected chi connectivity index (χ3v) is 3.16.